The number of imide groups is 1. The summed E-state index contributed by atoms with van der Waals surface area (Å²) in [6, 6.07) is 17.2. The van der Waals surface area contributed by atoms with Crippen LogP contribution in [-0.4, -0.2) is 44.7 Å². The van der Waals surface area contributed by atoms with Crippen molar-refractivity contribution in [2.45, 2.75) is 39.3 Å². The first-order chi connectivity index (χ1) is 15.6. The molecule has 6 heteroatoms. The Morgan fingerprint density at radius 1 is 0.875 bits per heavy atom. The number of unbranched alkanes of at least 4 members (excludes halogenated alkanes) is 1. The highest BCUT2D eigenvalue weighted by Gasteiger charge is 2.34. The number of aryl methyl sites for hydroxylation is 1. The SMILES string of the molecule is Cc1cccnc1CN(CCCCN1C(=O)c2ccccc2C1=O)C(C)c1ccccn1. The Balaban J connectivity index is 1.40. The van der Waals surface area contributed by atoms with Gasteiger partial charge < -0.3 is 0 Å². The zero-order chi connectivity index (χ0) is 22.5. The van der Waals surface area contributed by atoms with Gasteiger partial charge in [-0.2, -0.15) is 0 Å². The van der Waals surface area contributed by atoms with E-state index in [1.54, 1.807) is 24.3 Å². The summed E-state index contributed by atoms with van der Waals surface area (Å²) in [7, 11) is 0. The zero-order valence-electron chi connectivity index (χ0n) is 18.6. The first-order valence-corrected chi connectivity index (χ1v) is 11.1. The lowest BCUT2D eigenvalue weighted by Crippen LogP contribution is -2.32. The van der Waals surface area contributed by atoms with Crippen LogP contribution < -0.4 is 0 Å². The van der Waals surface area contributed by atoms with Crippen molar-refractivity contribution in [2.75, 3.05) is 13.1 Å². The van der Waals surface area contributed by atoms with Gasteiger partial charge in [-0.15, -0.1) is 0 Å². The average Bonchev–Trinajstić information content (AvgIpc) is 3.07. The van der Waals surface area contributed by atoms with E-state index in [4.69, 9.17) is 0 Å². The van der Waals surface area contributed by atoms with E-state index in [9.17, 15) is 9.59 Å². The molecule has 0 bridgehead atoms. The molecule has 3 aromatic rings. The number of carbonyl (C=O) groups excluding carboxylic acids is 2. The lowest BCUT2D eigenvalue weighted by atomic mass is 10.1. The van der Waals surface area contributed by atoms with E-state index >= 15 is 0 Å². The third-order valence-electron chi connectivity index (χ3n) is 6.09. The first kappa shape index (κ1) is 21.8. The standard InChI is InChI=1S/C26H28N4O2/c1-19-10-9-15-28-24(19)18-29(20(2)23-13-5-6-14-27-23)16-7-8-17-30-25(31)21-11-3-4-12-22(21)26(30)32/h3-6,9-15,20H,7-8,16-18H2,1-2H3. The quantitative estimate of drug-likeness (QED) is 0.373. The lowest BCUT2D eigenvalue weighted by Gasteiger charge is -2.29. The van der Waals surface area contributed by atoms with Gasteiger partial charge in [0.15, 0.2) is 0 Å². The maximum atomic E-state index is 12.6. The highest BCUT2D eigenvalue weighted by molar-refractivity contribution is 6.21. The highest BCUT2D eigenvalue weighted by atomic mass is 16.2. The molecule has 2 amide bonds. The van der Waals surface area contributed by atoms with E-state index in [1.807, 2.05) is 36.7 Å². The second-order valence-corrected chi connectivity index (χ2v) is 8.18. The van der Waals surface area contributed by atoms with Crippen LogP contribution in [0.15, 0.2) is 67.0 Å². The third kappa shape index (κ3) is 4.60. The molecule has 1 aliphatic heterocycles. The molecule has 1 unspecified atom stereocenters. The van der Waals surface area contributed by atoms with Crippen LogP contribution in [0, 0.1) is 6.92 Å². The fraction of sp³-hybridized carbons (Fsp3) is 0.308. The number of carbonyl (C=O) groups is 2. The van der Waals surface area contributed by atoms with E-state index in [1.165, 1.54) is 4.90 Å². The van der Waals surface area contributed by atoms with Gasteiger partial charge in [0, 0.05) is 31.5 Å². The number of rotatable bonds is 9. The Morgan fingerprint density at radius 2 is 1.56 bits per heavy atom. The second-order valence-electron chi connectivity index (χ2n) is 8.18. The molecule has 32 heavy (non-hydrogen) atoms. The predicted octanol–water partition coefficient (Wildman–Crippen LogP) is 4.42. The fourth-order valence-corrected chi connectivity index (χ4v) is 4.12. The van der Waals surface area contributed by atoms with E-state index in [2.05, 4.69) is 34.8 Å². The summed E-state index contributed by atoms with van der Waals surface area (Å²) >= 11 is 0. The molecular weight excluding hydrogens is 400 g/mol. The first-order valence-electron chi connectivity index (χ1n) is 11.1. The molecule has 1 aliphatic rings. The Kier molecular flexibility index (Phi) is 6.71. The van der Waals surface area contributed by atoms with Crippen LogP contribution in [0.3, 0.4) is 0 Å². The summed E-state index contributed by atoms with van der Waals surface area (Å²) in [5.41, 5.74) is 4.25. The van der Waals surface area contributed by atoms with E-state index < -0.39 is 0 Å². The van der Waals surface area contributed by atoms with Gasteiger partial charge in [0.05, 0.1) is 22.5 Å². The van der Waals surface area contributed by atoms with Gasteiger partial charge in [-0.25, -0.2) is 0 Å². The summed E-state index contributed by atoms with van der Waals surface area (Å²) in [4.78, 5) is 38.0. The van der Waals surface area contributed by atoms with E-state index in [0.717, 1.165) is 42.9 Å². The zero-order valence-corrected chi connectivity index (χ0v) is 18.6. The van der Waals surface area contributed by atoms with Gasteiger partial charge in [-0.1, -0.05) is 24.3 Å². The number of fused-ring (bicyclic) bond motifs is 1. The van der Waals surface area contributed by atoms with Crippen molar-refractivity contribution in [1.82, 2.24) is 19.8 Å². The molecule has 0 N–H and O–H groups in total. The van der Waals surface area contributed by atoms with Crippen molar-refractivity contribution in [3.05, 3.63) is 95.1 Å². The molecule has 0 spiro atoms. The van der Waals surface area contributed by atoms with Gasteiger partial charge in [-0.05, 0) is 69.1 Å². The number of hydrogen-bond donors (Lipinski definition) is 0. The molecule has 0 saturated carbocycles. The van der Waals surface area contributed by atoms with Crippen molar-refractivity contribution in [1.29, 1.82) is 0 Å². The van der Waals surface area contributed by atoms with Gasteiger partial charge in [0.25, 0.3) is 11.8 Å². The summed E-state index contributed by atoms with van der Waals surface area (Å²) in [5, 5.41) is 0. The summed E-state index contributed by atoms with van der Waals surface area (Å²) in [6.45, 7) is 6.20. The van der Waals surface area contributed by atoms with Crippen LogP contribution in [0.1, 0.15) is 63.5 Å². The number of pyridine rings is 2. The van der Waals surface area contributed by atoms with Crippen LogP contribution in [-0.2, 0) is 6.54 Å². The largest absolute Gasteiger partial charge is 0.289 e. The molecule has 0 radical (unpaired) electrons. The van der Waals surface area contributed by atoms with Crippen LogP contribution in [0.25, 0.3) is 0 Å². The molecule has 164 valence electrons. The normalized spacial score (nSPS) is 14.2. The molecule has 3 heterocycles. The van der Waals surface area contributed by atoms with Crippen LogP contribution in [0.4, 0.5) is 0 Å². The van der Waals surface area contributed by atoms with Crippen LogP contribution >= 0.6 is 0 Å². The molecule has 2 aromatic heterocycles. The molecule has 1 atom stereocenters. The lowest BCUT2D eigenvalue weighted by molar-refractivity contribution is 0.0649. The van der Waals surface area contributed by atoms with Crippen LogP contribution in [0.5, 0.6) is 0 Å². The fourth-order valence-electron chi connectivity index (χ4n) is 4.12. The Morgan fingerprint density at radius 3 is 2.22 bits per heavy atom. The van der Waals surface area contributed by atoms with E-state index in [0.29, 0.717) is 17.7 Å². The number of hydrogen-bond acceptors (Lipinski definition) is 5. The van der Waals surface area contributed by atoms with Crippen LogP contribution in [0.2, 0.25) is 0 Å². The number of nitrogens with zero attached hydrogens (tertiary/aromatic N) is 4. The van der Waals surface area contributed by atoms with Crippen molar-refractivity contribution < 1.29 is 9.59 Å². The molecule has 0 fully saturated rings. The molecule has 0 aliphatic carbocycles. The van der Waals surface area contributed by atoms with E-state index in [-0.39, 0.29) is 17.9 Å². The van der Waals surface area contributed by atoms with Gasteiger partial charge in [0.2, 0.25) is 0 Å². The smallest absolute Gasteiger partial charge is 0.261 e. The van der Waals surface area contributed by atoms with Gasteiger partial charge >= 0.3 is 0 Å². The topological polar surface area (TPSA) is 66.4 Å². The maximum Gasteiger partial charge on any atom is 0.261 e. The van der Waals surface area contributed by atoms with Crippen molar-refractivity contribution >= 4 is 11.8 Å². The molecular formula is C26H28N4O2. The minimum atomic E-state index is -0.187. The Labute approximate surface area is 188 Å². The van der Waals surface area contributed by atoms with Crippen molar-refractivity contribution in [3.63, 3.8) is 0 Å². The van der Waals surface area contributed by atoms with Gasteiger partial charge in [-0.3, -0.25) is 29.4 Å². The maximum absolute atomic E-state index is 12.6. The number of amides is 2. The summed E-state index contributed by atoms with van der Waals surface area (Å²) in [5.74, 6) is -0.373. The van der Waals surface area contributed by atoms with Crippen molar-refractivity contribution in [2.24, 2.45) is 0 Å². The summed E-state index contributed by atoms with van der Waals surface area (Å²) in [6.07, 6.45) is 5.25. The predicted molar refractivity (Wildman–Crippen MR) is 123 cm³/mol. The average molecular weight is 429 g/mol. The number of benzene rings is 1. The third-order valence-corrected chi connectivity index (χ3v) is 6.09. The Bertz CT molecular complexity index is 1060. The minimum Gasteiger partial charge on any atom is -0.289 e. The number of aromatic nitrogens is 2. The second kappa shape index (κ2) is 9.83. The molecule has 0 saturated heterocycles. The minimum absolute atomic E-state index is 0.122. The Hall–Kier alpha value is -3.38. The molecule has 4 rings (SSSR count). The van der Waals surface area contributed by atoms with Gasteiger partial charge in [0.1, 0.15) is 0 Å². The monoisotopic (exact) mass is 428 g/mol. The molecule has 1 aromatic carbocycles. The summed E-state index contributed by atoms with van der Waals surface area (Å²) < 4.78 is 0. The molecule has 6 nitrogen and oxygen atoms in total. The highest BCUT2D eigenvalue weighted by Crippen LogP contribution is 2.24. The van der Waals surface area contributed by atoms with Crippen molar-refractivity contribution in [3.8, 4) is 0 Å².